The predicted octanol–water partition coefficient (Wildman–Crippen LogP) is 35.3. The summed E-state index contributed by atoms with van der Waals surface area (Å²) in [5.41, 5.74) is 28.5. The predicted molar refractivity (Wildman–Crippen MR) is 560 cm³/mol. The van der Waals surface area contributed by atoms with Gasteiger partial charge in [0.15, 0.2) is 51.6 Å². The first kappa shape index (κ1) is 76.5. The molecule has 11 heteroatoms. The third kappa shape index (κ3) is 12.0. The third-order valence-electron chi connectivity index (χ3n) is 27.8. The van der Waals surface area contributed by atoms with E-state index in [0.29, 0.717) is 0 Å². The van der Waals surface area contributed by atoms with Crippen molar-refractivity contribution in [2.75, 3.05) is 19.6 Å². The minimum Gasteiger partial charge on any atom is -0.454 e. The van der Waals surface area contributed by atoms with Crippen LogP contribution < -0.4 is 38.5 Å². The molecule has 4 aliphatic carbocycles. The van der Waals surface area contributed by atoms with Gasteiger partial charge in [0.25, 0.3) is 0 Å². The van der Waals surface area contributed by atoms with Crippen molar-refractivity contribution in [2.24, 2.45) is 0 Å². The van der Waals surface area contributed by atoms with E-state index in [1.807, 2.05) is 41.7 Å². The standard InChI is InChI=1S/C37H24N2O.C31H19NO2.C31H19NOS.C25H17NO/c1-2-13-26(14-3-1)38-31-17-5-4-15-28(31)30-23-27(20-21-32(30)38)39-33-18-6-7-19-35(33)40-37-29-16-9-11-24-10-8-12-25(36(24)29)22-34(37)39;1-3-16-27-21(11-1)22-12-7-15-25(30(22)33-27)32-24-14-2-4-17-28(24)34-31-23-13-6-9-19-8-5-10-20(29(19)23)18-26(31)32;1-4-17-28-21(11-1)22-12-7-15-25(31(22)34-28)32-24-14-2-3-16-27(24)33-30-23-13-6-9-19-8-5-10-20(29(19)23)18-26(30)32;1-2-11-19(12-3-1)26-21-14-4-5-15-23(21)27-25-20-13-7-9-17-8-6-10-18(24(17)20)16-22(25)26/h1-15,17-23H,16H2;2*1-12,14-18H,13H2;1-12,14-16H,13H2. The number of hydrogen-bond acceptors (Lipinski definition) is 10. The Balaban J connectivity index is 0.0000000901. The summed E-state index contributed by atoms with van der Waals surface area (Å²) in [7, 11) is 0. The molecular formula is C124H79N5O5S. The number of aromatic nitrogens is 1. The summed E-state index contributed by atoms with van der Waals surface area (Å²) in [6.07, 6.45) is 21.3. The van der Waals surface area contributed by atoms with Gasteiger partial charge in [-0.25, -0.2) is 0 Å². The van der Waals surface area contributed by atoms with E-state index >= 15 is 0 Å². The first-order valence-electron chi connectivity index (χ1n) is 46.2. The van der Waals surface area contributed by atoms with E-state index in [0.717, 1.165) is 162 Å². The first-order chi connectivity index (χ1) is 67.0. The van der Waals surface area contributed by atoms with Gasteiger partial charge in [-0.05, 0) is 237 Å². The van der Waals surface area contributed by atoms with E-state index in [1.165, 1.54) is 135 Å². The van der Waals surface area contributed by atoms with Gasteiger partial charge in [0.1, 0.15) is 5.58 Å². The maximum atomic E-state index is 6.69. The Bertz CT molecular complexity index is 8860. The normalized spacial score (nSPS) is 13.7. The van der Waals surface area contributed by atoms with E-state index in [9.17, 15) is 0 Å². The lowest BCUT2D eigenvalue weighted by molar-refractivity contribution is 0.472. The number of allylic oxidation sites excluding steroid dienone is 4. The second kappa shape index (κ2) is 30.6. The lowest BCUT2D eigenvalue weighted by atomic mass is 9.90. The highest BCUT2D eigenvalue weighted by molar-refractivity contribution is 7.26. The molecule has 636 valence electrons. The first-order valence-corrected chi connectivity index (χ1v) is 47.0. The zero-order chi connectivity index (χ0) is 88.5. The minimum absolute atomic E-state index is 0.849. The van der Waals surface area contributed by atoms with Crippen molar-refractivity contribution in [2.45, 2.75) is 25.7 Å². The van der Waals surface area contributed by atoms with Crippen molar-refractivity contribution in [1.29, 1.82) is 0 Å². The van der Waals surface area contributed by atoms with Gasteiger partial charge in [-0.15, -0.1) is 11.3 Å². The maximum absolute atomic E-state index is 6.69. The van der Waals surface area contributed by atoms with E-state index in [2.05, 4.69) is 425 Å². The molecule has 0 atom stereocenters. The zero-order valence-corrected chi connectivity index (χ0v) is 73.8. The summed E-state index contributed by atoms with van der Waals surface area (Å²) < 4.78 is 37.8. The molecule has 0 fully saturated rings. The van der Waals surface area contributed by atoms with Crippen molar-refractivity contribution in [1.82, 2.24) is 4.57 Å². The van der Waals surface area contributed by atoms with Gasteiger partial charge in [0.05, 0.1) is 72.6 Å². The highest BCUT2D eigenvalue weighted by Gasteiger charge is 2.37. The molecule has 135 heavy (non-hydrogen) atoms. The summed E-state index contributed by atoms with van der Waals surface area (Å²) in [5.74, 6) is 7.36. The molecule has 8 aliphatic rings. The molecule has 0 amide bonds. The van der Waals surface area contributed by atoms with Crippen LogP contribution in [0.5, 0.6) is 46.0 Å². The van der Waals surface area contributed by atoms with Crippen LogP contribution in [0.25, 0.3) is 137 Å². The third-order valence-corrected chi connectivity index (χ3v) is 29.0. The molecule has 7 heterocycles. The SMILES string of the molecule is C1=Cc2cccc3cc4c(c(c23)C1)Oc1ccccc1N4c1ccc2c(c1)c1ccccc1n2-c1ccccc1.C1=Cc2cccc3cc4c(c(c23)C1)Oc1ccccc1N4c1cccc2c1oc1ccccc12.C1=Cc2cccc3cc4c(c(c23)C1)Oc1ccccc1N4c1cccc2c1sc1ccccc12.C1=Cc2cccc3cc4c(c(c23)C1)Oc1ccccc1N4c1ccccc1. The zero-order valence-electron chi connectivity index (χ0n) is 73.0. The molecule has 0 radical (unpaired) electrons. The Morgan fingerprint density at radius 3 is 1.10 bits per heavy atom. The number of para-hydroxylation sites is 13. The largest absolute Gasteiger partial charge is 0.454 e. The molecular weight excluding hydrogens is 1670 g/mol. The van der Waals surface area contributed by atoms with Crippen molar-refractivity contribution < 1.29 is 23.4 Å². The highest BCUT2D eigenvalue weighted by atomic mass is 32.1. The average molecular weight is 1750 g/mol. The van der Waals surface area contributed by atoms with Gasteiger partial charge in [-0.3, -0.25) is 4.90 Å². The van der Waals surface area contributed by atoms with E-state index in [1.54, 1.807) is 0 Å². The van der Waals surface area contributed by atoms with E-state index < -0.39 is 0 Å². The quantitative estimate of drug-likeness (QED) is 0.168. The van der Waals surface area contributed by atoms with Crippen LogP contribution in [0.15, 0.2) is 411 Å². The number of furan rings is 1. The molecule has 3 aromatic heterocycles. The van der Waals surface area contributed by atoms with E-state index in [-0.39, 0.29) is 0 Å². The summed E-state index contributed by atoms with van der Waals surface area (Å²) in [6, 6.07) is 135. The van der Waals surface area contributed by atoms with Crippen molar-refractivity contribution >= 4 is 211 Å². The molecule has 10 nitrogen and oxygen atoms in total. The lowest BCUT2D eigenvalue weighted by Crippen LogP contribution is -2.17. The van der Waals surface area contributed by atoms with Crippen molar-refractivity contribution in [3.8, 4) is 51.7 Å². The van der Waals surface area contributed by atoms with Crippen LogP contribution in [0.1, 0.15) is 44.5 Å². The van der Waals surface area contributed by atoms with Crippen LogP contribution >= 0.6 is 11.3 Å². The van der Waals surface area contributed by atoms with Gasteiger partial charge < -0.3 is 42.6 Å². The molecule has 31 rings (SSSR count). The molecule has 20 aromatic carbocycles. The monoisotopic (exact) mass is 1750 g/mol. The number of fused-ring (bicyclic) bond motifs is 21. The molecule has 0 bridgehead atoms. The lowest BCUT2D eigenvalue weighted by Gasteiger charge is -2.35. The number of benzene rings is 20. The Kier molecular flexibility index (Phi) is 17.4. The number of ether oxygens (including phenoxy) is 4. The molecule has 23 aromatic rings. The summed E-state index contributed by atoms with van der Waals surface area (Å²) in [5, 5.41) is 17.5. The molecule has 0 saturated heterocycles. The molecule has 0 N–H and O–H groups in total. The fraction of sp³-hybridized carbons (Fsp3) is 0.0323. The van der Waals surface area contributed by atoms with Crippen LogP contribution in [0.4, 0.5) is 68.2 Å². The van der Waals surface area contributed by atoms with Crippen molar-refractivity contribution in [3.63, 3.8) is 0 Å². The Labute approximate surface area is 781 Å². The topological polar surface area (TPSA) is 67.9 Å². The second-order valence-corrected chi connectivity index (χ2v) is 36.4. The van der Waals surface area contributed by atoms with Crippen LogP contribution in [-0.4, -0.2) is 4.57 Å². The van der Waals surface area contributed by atoms with Gasteiger partial charge >= 0.3 is 0 Å². The molecule has 0 saturated carbocycles. The van der Waals surface area contributed by atoms with Crippen molar-refractivity contribution in [3.05, 3.63) is 451 Å². The van der Waals surface area contributed by atoms with Gasteiger partial charge in [0, 0.05) is 76.3 Å². The van der Waals surface area contributed by atoms with Crippen LogP contribution in [0.2, 0.25) is 0 Å². The van der Waals surface area contributed by atoms with Gasteiger partial charge in [-0.1, -0.05) is 285 Å². The summed E-state index contributed by atoms with van der Waals surface area (Å²) in [6.45, 7) is 0. The number of rotatable bonds is 5. The second-order valence-electron chi connectivity index (χ2n) is 35.4. The smallest absolute Gasteiger partial charge is 0.159 e. The fourth-order valence-corrected chi connectivity index (χ4v) is 23.3. The maximum Gasteiger partial charge on any atom is 0.159 e. The van der Waals surface area contributed by atoms with Gasteiger partial charge in [0.2, 0.25) is 0 Å². The fourth-order valence-electron chi connectivity index (χ4n) is 22.1. The summed E-state index contributed by atoms with van der Waals surface area (Å²) in [4.78, 5) is 9.41. The summed E-state index contributed by atoms with van der Waals surface area (Å²) >= 11 is 1.86. The number of anilines is 12. The van der Waals surface area contributed by atoms with Gasteiger partial charge in [-0.2, -0.15) is 0 Å². The number of hydrogen-bond donors (Lipinski definition) is 0. The van der Waals surface area contributed by atoms with Crippen LogP contribution in [-0.2, 0) is 25.7 Å². The minimum atomic E-state index is 0.849. The molecule has 4 aliphatic heterocycles. The number of thiophene rings is 1. The molecule has 0 unspecified atom stereocenters. The Morgan fingerprint density at radius 2 is 0.593 bits per heavy atom. The van der Waals surface area contributed by atoms with Crippen LogP contribution in [0.3, 0.4) is 0 Å². The average Bonchev–Trinajstić information content (AvgIpc) is 1.03. The molecule has 0 spiro atoms. The Morgan fingerprint density at radius 1 is 0.230 bits per heavy atom. The Hall–Kier alpha value is -17.4. The number of nitrogens with zero attached hydrogens (tertiary/aromatic N) is 5. The highest BCUT2D eigenvalue weighted by Crippen LogP contribution is 2.62. The van der Waals surface area contributed by atoms with E-state index in [4.69, 9.17) is 23.4 Å². The van der Waals surface area contributed by atoms with Crippen LogP contribution in [0, 0.1) is 0 Å².